The first-order valence-corrected chi connectivity index (χ1v) is 6.95. The van der Waals surface area contributed by atoms with Crippen LogP contribution in [0.1, 0.15) is 36.1 Å². The van der Waals surface area contributed by atoms with E-state index in [1.54, 1.807) is 13.8 Å². The summed E-state index contributed by atoms with van der Waals surface area (Å²) in [5.74, 6) is 0.195. The molecule has 0 amide bonds. The van der Waals surface area contributed by atoms with Crippen LogP contribution < -0.4 is 4.74 Å². The zero-order chi connectivity index (χ0) is 15.1. The van der Waals surface area contributed by atoms with E-state index >= 15 is 0 Å². The van der Waals surface area contributed by atoms with Gasteiger partial charge in [0.05, 0.1) is 6.61 Å². The number of aliphatic hydroxyl groups is 1. The number of ether oxygens (including phenoxy) is 2. The van der Waals surface area contributed by atoms with Crippen molar-refractivity contribution in [1.82, 2.24) is 0 Å². The third-order valence-electron chi connectivity index (χ3n) is 4.14. The molecule has 4 nitrogen and oxygen atoms in total. The zero-order valence-corrected chi connectivity index (χ0v) is 12.7. The molecule has 1 aliphatic rings. The van der Waals surface area contributed by atoms with Crippen LogP contribution in [0.5, 0.6) is 5.75 Å². The summed E-state index contributed by atoms with van der Waals surface area (Å²) < 4.78 is 11.0. The highest BCUT2D eigenvalue weighted by Gasteiger charge is 2.48. The molecule has 1 aromatic rings. The van der Waals surface area contributed by atoms with E-state index in [1.807, 2.05) is 20.8 Å². The maximum absolute atomic E-state index is 12.1. The van der Waals surface area contributed by atoms with Gasteiger partial charge >= 0.3 is 5.97 Å². The molecule has 2 atom stereocenters. The lowest BCUT2D eigenvalue weighted by molar-refractivity contribution is -0.172. The molecule has 0 saturated heterocycles. The minimum atomic E-state index is -1.34. The van der Waals surface area contributed by atoms with Gasteiger partial charge in [-0.3, -0.25) is 0 Å². The molecule has 0 spiro atoms. The summed E-state index contributed by atoms with van der Waals surface area (Å²) in [6.07, 6.45) is -0.507. The van der Waals surface area contributed by atoms with Crippen LogP contribution in [0, 0.1) is 20.8 Å². The molecule has 2 rings (SSSR count). The van der Waals surface area contributed by atoms with Gasteiger partial charge in [-0.15, -0.1) is 0 Å². The molecule has 1 heterocycles. The van der Waals surface area contributed by atoms with E-state index in [0.29, 0.717) is 12.2 Å². The second-order valence-corrected chi connectivity index (χ2v) is 5.59. The van der Waals surface area contributed by atoms with Crippen molar-refractivity contribution in [3.05, 3.63) is 28.3 Å². The van der Waals surface area contributed by atoms with Gasteiger partial charge in [-0.05, 0) is 51.3 Å². The minimum Gasteiger partial charge on any atom is -0.472 e. The number of esters is 1. The number of benzene rings is 1. The fourth-order valence-corrected chi connectivity index (χ4v) is 2.62. The molecule has 1 aromatic carbocycles. The highest BCUT2D eigenvalue weighted by molar-refractivity contribution is 5.81. The topological polar surface area (TPSA) is 55.8 Å². The zero-order valence-electron chi connectivity index (χ0n) is 12.7. The van der Waals surface area contributed by atoms with E-state index in [-0.39, 0.29) is 6.61 Å². The third kappa shape index (κ3) is 2.18. The molecule has 4 heteroatoms. The standard InChI is InChI=1S/C16H22O4/c1-6-19-15(18)16(5)13(17)8-12-10(3)7-9(2)11(4)14(12)20-16/h7,13,17H,6,8H2,1-5H3. The van der Waals surface area contributed by atoms with Gasteiger partial charge in [0.15, 0.2) is 0 Å². The molecule has 2 unspecified atom stereocenters. The fraction of sp³-hybridized carbons (Fsp3) is 0.562. The van der Waals surface area contributed by atoms with Crippen LogP contribution in [0.3, 0.4) is 0 Å². The predicted molar refractivity (Wildman–Crippen MR) is 76.0 cm³/mol. The van der Waals surface area contributed by atoms with E-state index in [9.17, 15) is 9.90 Å². The number of rotatable bonds is 2. The molecule has 0 aromatic heterocycles. The number of hydrogen-bond acceptors (Lipinski definition) is 4. The number of aryl methyl sites for hydroxylation is 2. The SMILES string of the molecule is CCOC(=O)C1(C)Oc2c(C)c(C)cc(C)c2CC1O. The number of aliphatic hydroxyl groups excluding tert-OH is 1. The highest BCUT2D eigenvalue weighted by Crippen LogP contribution is 2.39. The third-order valence-corrected chi connectivity index (χ3v) is 4.14. The Bertz CT molecular complexity index is 550. The second-order valence-electron chi connectivity index (χ2n) is 5.59. The molecule has 1 aliphatic heterocycles. The molecule has 0 aliphatic carbocycles. The fourth-order valence-electron chi connectivity index (χ4n) is 2.62. The molecule has 110 valence electrons. The van der Waals surface area contributed by atoms with Crippen LogP contribution in [0.15, 0.2) is 6.07 Å². The maximum atomic E-state index is 12.1. The Labute approximate surface area is 119 Å². The average Bonchev–Trinajstić information content (AvgIpc) is 2.39. The summed E-state index contributed by atoms with van der Waals surface area (Å²) in [5, 5.41) is 10.3. The van der Waals surface area contributed by atoms with Crippen molar-refractivity contribution < 1.29 is 19.4 Å². The van der Waals surface area contributed by atoms with Crippen molar-refractivity contribution in [2.45, 2.75) is 52.7 Å². The van der Waals surface area contributed by atoms with Gasteiger partial charge < -0.3 is 14.6 Å². The van der Waals surface area contributed by atoms with Crippen molar-refractivity contribution in [2.75, 3.05) is 6.61 Å². The Balaban J connectivity index is 2.49. The van der Waals surface area contributed by atoms with Crippen molar-refractivity contribution in [3.8, 4) is 5.75 Å². The Kier molecular flexibility index (Phi) is 3.78. The smallest absolute Gasteiger partial charge is 0.352 e. The molecular formula is C16H22O4. The van der Waals surface area contributed by atoms with Gasteiger partial charge in [0, 0.05) is 12.0 Å². The quantitative estimate of drug-likeness (QED) is 0.843. The van der Waals surface area contributed by atoms with Gasteiger partial charge in [-0.2, -0.15) is 0 Å². The molecule has 20 heavy (non-hydrogen) atoms. The average molecular weight is 278 g/mol. The summed E-state index contributed by atoms with van der Waals surface area (Å²) in [6.45, 7) is 9.58. The van der Waals surface area contributed by atoms with Crippen molar-refractivity contribution in [2.24, 2.45) is 0 Å². The van der Waals surface area contributed by atoms with Gasteiger partial charge in [-0.1, -0.05) is 6.07 Å². The number of carbonyl (C=O) groups is 1. The van der Waals surface area contributed by atoms with Crippen molar-refractivity contribution in [3.63, 3.8) is 0 Å². The molecular weight excluding hydrogens is 256 g/mol. The Morgan fingerprint density at radius 2 is 2.10 bits per heavy atom. The minimum absolute atomic E-state index is 0.267. The van der Waals surface area contributed by atoms with E-state index in [0.717, 1.165) is 22.3 Å². The number of carbonyl (C=O) groups excluding carboxylic acids is 1. The van der Waals surface area contributed by atoms with Crippen molar-refractivity contribution in [1.29, 1.82) is 0 Å². The van der Waals surface area contributed by atoms with Crippen LogP contribution in [0.2, 0.25) is 0 Å². The van der Waals surface area contributed by atoms with Crippen LogP contribution in [-0.2, 0) is 16.0 Å². The van der Waals surface area contributed by atoms with Crippen LogP contribution in [-0.4, -0.2) is 29.4 Å². The Hall–Kier alpha value is -1.55. The summed E-state index contributed by atoms with van der Waals surface area (Å²) in [7, 11) is 0. The molecule has 1 N–H and O–H groups in total. The Morgan fingerprint density at radius 1 is 1.45 bits per heavy atom. The molecule has 0 fully saturated rings. The summed E-state index contributed by atoms with van der Waals surface area (Å²) in [4.78, 5) is 12.1. The Morgan fingerprint density at radius 3 is 2.70 bits per heavy atom. The van der Waals surface area contributed by atoms with Crippen LogP contribution in [0.4, 0.5) is 0 Å². The van der Waals surface area contributed by atoms with Gasteiger partial charge in [-0.25, -0.2) is 4.79 Å². The second kappa shape index (κ2) is 5.09. The lowest BCUT2D eigenvalue weighted by atomic mass is 9.85. The van der Waals surface area contributed by atoms with Gasteiger partial charge in [0.1, 0.15) is 11.9 Å². The van der Waals surface area contributed by atoms with Gasteiger partial charge in [0.25, 0.3) is 0 Å². The number of fused-ring (bicyclic) bond motifs is 1. The summed E-state index contributed by atoms with van der Waals surface area (Å²) in [5.41, 5.74) is 2.83. The summed E-state index contributed by atoms with van der Waals surface area (Å²) >= 11 is 0. The first-order chi connectivity index (χ1) is 9.31. The monoisotopic (exact) mass is 278 g/mol. The number of hydrogen-bond donors (Lipinski definition) is 1. The van der Waals surface area contributed by atoms with E-state index in [1.165, 1.54) is 0 Å². The lowest BCUT2D eigenvalue weighted by Crippen LogP contribution is -2.56. The predicted octanol–water partition coefficient (Wildman–Crippen LogP) is 2.23. The molecule has 0 bridgehead atoms. The van der Waals surface area contributed by atoms with Crippen molar-refractivity contribution >= 4 is 5.97 Å². The molecule has 0 radical (unpaired) electrons. The van der Waals surface area contributed by atoms with Crippen LogP contribution in [0.25, 0.3) is 0 Å². The van der Waals surface area contributed by atoms with E-state index < -0.39 is 17.7 Å². The van der Waals surface area contributed by atoms with Gasteiger partial charge in [0.2, 0.25) is 5.60 Å². The maximum Gasteiger partial charge on any atom is 0.352 e. The largest absolute Gasteiger partial charge is 0.472 e. The van der Waals surface area contributed by atoms with E-state index in [4.69, 9.17) is 9.47 Å². The first-order valence-electron chi connectivity index (χ1n) is 6.95. The first kappa shape index (κ1) is 14.9. The highest BCUT2D eigenvalue weighted by atomic mass is 16.6. The van der Waals surface area contributed by atoms with Crippen LogP contribution >= 0.6 is 0 Å². The molecule has 0 saturated carbocycles. The normalized spacial score (nSPS) is 24.8. The summed E-state index contributed by atoms with van der Waals surface area (Å²) in [6, 6.07) is 2.08. The van der Waals surface area contributed by atoms with E-state index in [2.05, 4.69) is 6.07 Å². The lowest BCUT2D eigenvalue weighted by Gasteiger charge is -2.39.